The highest BCUT2D eigenvalue weighted by Crippen LogP contribution is 2.44. The fraction of sp³-hybridized carbons (Fsp3) is 0.0455. The zero-order valence-corrected chi connectivity index (χ0v) is 17.4. The van der Waals surface area contributed by atoms with Gasteiger partial charge in [0, 0.05) is 16.3 Å². The van der Waals surface area contributed by atoms with Crippen LogP contribution in [-0.4, -0.2) is 10.9 Å². The highest BCUT2D eigenvalue weighted by atomic mass is 35.5. The number of carbonyl (C=O) groups is 1. The average Bonchev–Trinajstić information content (AvgIpc) is 3.05. The molecule has 0 unspecified atom stereocenters. The van der Waals surface area contributed by atoms with Crippen LogP contribution in [0.4, 0.5) is 16.5 Å². The van der Waals surface area contributed by atoms with Crippen molar-refractivity contribution in [3.8, 4) is 17.2 Å². The molecule has 0 aliphatic rings. The van der Waals surface area contributed by atoms with Gasteiger partial charge in [0.05, 0.1) is 10.2 Å². The molecule has 148 valence electrons. The minimum Gasteiger partial charge on any atom is -0.383 e. The number of nitriles is 1. The number of thiophene rings is 1. The van der Waals surface area contributed by atoms with Gasteiger partial charge < -0.3 is 16.8 Å². The zero-order valence-electron chi connectivity index (χ0n) is 15.9. The number of nitrogens with one attached hydrogen (secondary N) is 1. The number of benzene rings is 2. The first-order valence-corrected chi connectivity index (χ1v) is 10.1. The Bertz CT molecular complexity index is 1340. The zero-order chi connectivity index (χ0) is 21.4. The van der Waals surface area contributed by atoms with Gasteiger partial charge in [-0.25, -0.2) is 4.98 Å². The van der Waals surface area contributed by atoms with Gasteiger partial charge in [-0.2, -0.15) is 5.26 Å². The van der Waals surface area contributed by atoms with Gasteiger partial charge in [0.1, 0.15) is 28.0 Å². The van der Waals surface area contributed by atoms with Gasteiger partial charge in [0.2, 0.25) is 0 Å². The Balaban J connectivity index is 2.02. The molecule has 0 radical (unpaired) electrons. The molecule has 4 rings (SSSR count). The Kier molecular flexibility index (Phi) is 5.04. The summed E-state index contributed by atoms with van der Waals surface area (Å²) in [6.07, 6.45) is 0. The third-order valence-electron chi connectivity index (χ3n) is 4.62. The van der Waals surface area contributed by atoms with Crippen LogP contribution in [0.15, 0.2) is 48.5 Å². The maximum Gasteiger partial charge on any atom is 0.253 e. The van der Waals surface area contributed by atoms with Crippen LogP contribution in [0, 0.1) is 18.3 Å². The highest BCUT2D eigenvalue weighted by Gasteiger charge is 2.25. The van der Waals surface area contributed by atoms with Crippen LogP contribution in [0.1, 0.15) is 21.5 Å². The van der Waals surface area contributed by atoms with Crippen LogP contribution >= 0.6 is 22.9 Å². The van der Waals surface area contributed by atoms with Gasteiger partial charge in [-0.05, 0) is 42.3 Å². The number of pyridine rings is 1. The van der Waals surface area contributed by atoms with Crippen LogP contribution in [0.25, 0.3) is 21.3 Å². The number of amides is 1. The van der Waals surface area contributed by atoms with E-state index in [-0.39, 0.29) is 16.9 Å². The van der Waals surface area contributed by atoms with Gasteiger partial charge >= 0.3 is 0 Å². The lowest BCUT2D eigenvalue weighted by Crippen LogP contribution is -2.13. The van der Waals surface area contributed by atoms with E-state index in [0.717, 1.165) is 16.8 Å². The number of primary amides is 1. The number of aromatic nitrogens is 1. The van der Waals surface area contributed by atoms with Crippen molar-refractivity contribution in [2.75, 3.05) is 11.1 Å². The lowest BCUT2D eigenvalue weighted by atomic mass is 10.00. The summed E-state index contributed by atoms with van der Waals surface area (Å²) in [5, 5.41) is 14.1. The summed E-state index contributed by atoms with van der Waals surface area (Å²) in [5.41, 5.74) is 15.9. The number of nitrogens with zero attached hydrogens (tertiary/aromatic N) is 2. The lowest BCUT2D eigenvalue weighted by Gasteiger charge is -2.08. The average molecular weight is 434 g/mol. The van der Waals surface area contributed by atoms with Crippen molar-refractivity contribution in [3.05, 3.63) is 70.2 Å². The van der Waals surface area contributed by atoms with E-state index in [9.17, 15) is 10.1 Å². The van der Waals surface area contributed by atoms with Crippen molar-refractivity contribution < 1.29 is 4.79 Å². The largest absolute Gasteiger partial charge is 0.383 e. The molecule has 2 heterocycles. The molecule has 0 aliphatic heterocycles. The fourth-order valence-electron chi connectivity index (χ4n) is 3.29. The summed E-state index contributed by atoms with van der Waals surface area (Å²) >= 11 is 7.33. The molecule has 0 bridgehead atoms. The molecule has 2 aromatic heterocycles. The number of halogens is 1. The van der Waals surface area contributed by atoms with E-state index in [1.165, 1.54) is 11.3 Å². The number of carbonyl (C=O) groups excluding carboxylic acids is 1. The SMILES string of the molecule is Cc1cccc(Nc2sc3c(-c4ccc(Cl)cc4)c(C#N)c(N)nc3c2C(N)=O)c1. The molecular weight excluding hydrogens is 418 g/mol. The van der Waals surface area contributed by atoms with Crippen molar-refractivity contribution >= 4 is 55.6 Å². The Morgan fingerprint density at radius 2 is 1.97 bits per heavy atom. The summed E-state index contributed by atoms with van der Waals surface area (Å²) in [6, 6.07) is 16.9. The second-order valence-electron chi connectivity index (χ2n) is 6.71. The number of aryl methyl sites for hydroxylation is 1. The summed E-state index contributed by atoms with van der Waals surface area (Å²) < 4.78 is 0.645. The number of rotatable bonds is 4. The van der Waals surface area contributed by atoms with E-state index in [0.29, 0.717) is 25.8 Å². The van der Waals surface area contributed by atoms with Gasteiger partial charge in [-0.15, -0.1) is 11.3 Å². The van der Waals surface area contributed by atoms with E-state index in [2.05, 4.69) is 16.4 Å². The van der Waals surface area contributed by atoms with Gasteiger partial charge in [0.25, 0.3) is 5.91 Å². The van der Waals surface area contributed by atoms with Crippen LogP contribution in [0.2, 0.25) is 5.02 Å². The third kappa shape index (κ3) is 3.43. The Hall–Kier alpha value is -3.60. The first kappa shape index (κ1) is 19.7. The van der Waals surface area contributed by atoms with Gasteiger partial charge in [-0.1, -0.05) is 35.9 Å². The van der Waals surface area contributed by atoms with Gasteiger partial charge in [-0.3, -0.25) is 4.79 Å². The summed E-state index contributed by atoms with van der Waals surface area (Å²) in [4.78, 5) is 16.7. The number of anilines is 3. The Morgan fingerprint density at radius 3 is 2.60 bits per heavy atom. The van der Waals surface area contributed by atoms with Crippen molar-refractivity contribution in [1.29, 1.82) is 5.26 Å². The summed E-state index contributed by atoms with van der Waals surface area (Å²) in [7, 11) is 0. The number of fused-ring (bicyclic) bond motifs is 1. The highest BCUT2D eigenvalue weighted by molar-refractivity contribution is 7.24. The molecule has 30 heavy (non-hydrogen) atoms. The van der Waals surface area contributed by atoms with Crippen molar-refractivity contribution in [2.24, 2.45) is 5.73 Å². The molecule has 0 saturated carbocycles. The second kappa shape index (κ2) is 7.67. The molecule has 0 spiro atoms. The van der Waals surface area contributed by atoms with E-state index >= 15 is 0 Å². The quantitative estimate of drug-likeness (QED) is 0.407. The summed E-state index contributed by atoms with van der Waals surface area (Å²) in [5.74, 6) is -0.590. The van der Waals surface area contributed by atoms with E-state index < -0.39 is 5.91 Å². The fourth-order valence-corrected chi connectivity index (χ4v) is 4.66. The molecule has 0 aliphatic carbocycles. The minimum atomic E-state index is -0.630. The normalized spacial score (nSPS) is 10.7. The molecule has 4 aromatic rings. The molecule has 1 amide bonds. The number of nitrogens with two attached hydrogens (primary N) is 2. The molecular formula is C22H16ClN5OS. The number of nitrogen functional groups attached to an aromatic ring is 1. The topological polar surface area (TPSA) is 118 Å². The van der Waals surface area contributed by atoms with Crippen LogP contribution < -0.4 is 16.8 Å². The first-order chi connectivity index (χ1) is 14.4. The predicted octanol–water partition coefficient (Wildman–Crippen LogP) is 5.22. The molecule has 0 fully saturated rings. The molecule has 0 saturated heterocycles. The van der Waals surface area contributed by atoms with Crippen LogP contribution in [0.5, 0.6) is 0 Å². The summed E-state index contributed by atoms with van der Waals surface area (Å²) in [6.45, 7) is 1.98. The monoisotopic (exact) mass is 433 g/mol. The molecule has 0 atom stereocenters. The Labute approximate surface area is 181 Å². The molecule has 8 heteroatoms. The van der Waals surface area contributed by atoms with Crippen molar-refractivity contribution in [1.82, 2.24) is 4.98 Å². The molecule has 2 aromatic carbocycles. The smallest absolute Gasteiger partial charge is 0.253 e. The molecule has 6 nitrogen and oxygen atoms in total. The predicted molar refractivity (Wildman–Crippen MR) is 122 cm³/mol. The minimum absolute atomic E-state index is 0.0392. The van der Waals surface area contributed by atoms with E-state index in [1.807, 2.05) is 31.2 Å². The molecule has 5 N–H and O–H groups in total. The lowest BCUT2D eigenvalue weighted by molar-refractivity contribution is 0.100. The van der Waals surface area contributed by atoms with E-state index in [4.69, 9.17) is 23.1 Å². The second-order valence-corrected chi connectivity index (χ2v) is 8.17. The standard InChI is InChI=1S/C22H16ClN5OS/c1-11-3-2-4-14(9-11)27-22-17(21(26)29)18-19(30-22)16(15(10-24)20(25)28-18)12-5-7-13(23)8-6-12/h2-9,27H,1H3,(H2,25,28)(H2,26,29). The first-order valence-electron chi connectivity index (χ1n) is 8.94. The van der Waals surface area contributed by atoms with Crippen molar-refractivity contribution in [2.45, 2.75) is 6.92 Å². The number of hydrogen-bond donors (Lipinski definition) is 3. The maximum absolute atomic E-state index is 12.3. The van der Waals surface area contributed by atoms with Gasteiger partial charge in [0.15, 0.2) is 0 Å². The Morgan fingerprint density at radius 1 is 1.23 bits per heavy atom. The van der Waals surface area contributed by atoms with Crippen LogP contribution in [0.3, 0.4) is 0 Å². The van der Waals surface area contributed by atoms with Crippen LogP contribution in [-0.2, 0) is 0 Å². The number of hydrogen-bond acceptors (Lipinski definition) is 6. The van der Waals surface area contributed by atoms with E-state index in [1.54, 1.807) is 24.3 Å². The maximum atomic E-state index is 12.3. The van der Waals surface area contributed by atoms with Crippen molar-refractivity contribution in [3.63, 3.8) is 0 Å². The third-order valence-corrected chi connectivity index (χ3v) is 5.98.